The van der Waals surface area contributed by atoms with E-state index >= 15 is 0 Å². The van der Waals surface area contributed by atoms with Crippen molar-refractivity contribution in [1.82, 2.24) is 5.32 Å². The fourth-order valence-electron chi connectivity index (χ4n) is 2.64. The van der Waals surface area contributed by atoms with E-state index in [1.807, 2.05) is 0 Å². The lowest BCUT2D eigenvalue weighted by Crippen LogP contribution is -2.22. The molecule has 110 valence electrons. The van der Waals surface area contributed by atoms with E-state index in [1.165, 1.54) is 22.3 Å². The molecule has 0 unspecified atom stereocenters. The van der Waals surface area contributed by atoms with E-state index in [9.17, 15) is 0 Å². The van der Waals surface area contributed by atoms with Crippen molar-refractivity contribution in [3.8, 4) is 0 Å². The maximum absolute atomic E-state index is 3.69. The largest absolute Gasteiger partial charge is 0.302 e. The summed E-state index contributed by atoms with van der Waals surface area (Å²) >= 11 is 0. The average Bonchev–Trinajstić information content (AvgIpc) is 2.59. The Bertz CT molecular complexity index is 647. The lowest BCUT2D eigenvalue weighted by atomic mass is 9.98. The summed E-state index contributed by atoms with van der Waals surface area (Å²) in [4.78, 5) is 0. The molecule has 3 aromatic rings. The third-order valence-corrected chi connectivity index (χ3v) is 3.90. The zero-order valence-electron chi connectivity index (χ0n) is 12.9. The number of hydrogen-bond donors (Lipinski definition) is 1. The monoisotopic (exact) mass is 287 g/mol. The summed E-state index contributed by atoms with van der Waals surface area (Å²) in [6.45, 7) is 2.97. The van der Waals surface area contributed by atoms with Gasteiger partial charge in [-0.25, -0.2) is 0 Å². The third-order valence-electron chi connectivity index (χ3n) is 3.90. The lowest BCUT2D eigenvalue weighted by molar-refractivity contribution is 0.605. The van der Waals surface area contributed by atoms with Gasteiger partial charge in [-0.2, -0.15) is 0 Å². The smallest absolute Gasteiger partial charge is 0.0579 e. The fraction of sp³-hybridized carbons (Fsp3) is 0.143. The molecule has 0 saturated heterocycles. The van der Waals surface area contributed by atoms with Gasteiger partial charge in [-0.1, -0.05) is 90.5 Å². The normalized spacial score (nSPS) is 10.8. The molecule has 0 aliphatic carbocycles. The molecule has 0 saturated carbocycles. The van der Waals surface area contributed by atoms with Crippen LogP contribution in [0.3, 0.4) is 0 Å². The van der Waals surface area contributed by atoms with Gasteiger partial charge in [0.1, 0.15) is 0 Å². The van der Waals surface area contributed by atoms with Crippen molar-refractivity contribution in [2.24, 2.45) is 0 Å². The number of hydrogen-bond acceptors (Lipinski definition) is 1. The van der Waals surface area contributed by atoms with Crippen LogP contribution in [-0.4, -0.2) is 0 Å². The van der Waals surface area contributed by atoms with Gasteiger partial charge in [0.15, 0.2) is 0 Å². The molecule has 0 aliphatic heterocycles. The first-order valence-electron chi connectivity index (χ1n) is 7.72. The average molecular weight is 287 g/mol. The first-order valence-corrected chi connectivity index (χ1v) is 7.72. The van der Waals surface area contributed by atoms with Gasteiger partial charge in [0.2, 0.25) is 0 Å². The van der Waals surface area contributed by atoms with E-state index in [2.05, 4.69) is 97.2 Å². The second kappa shape index (κ2) is 7.06. The first kappa shape index (κ1) is 14.6. The summed E-state index contributed by atoms with van der Waals surface area (Å²) in [6, 6.07) is 30.1. The minimum absolute atomic E-state index is 0.212. The number of rotatable bonds is 5. The Morgan fingerprint density at radius 1 is 0.682 bits per heavy atom. The van der Waals surface area contributed by atoms with Crippen LogP contribution in [0.25, 0.3) is 0 Å². The standard InChI is InChI=1S/C21H21N/c1-17-12-14-18(15-13-17)16-22-21(19-8-4-2-5-9-19)20-10-6-3-7-11-20/h2-15,21-22H,16H2,1H3. The molecule has 3 aromatic carbocycles. The van der Waals surface area contributed by atoms with E-state index in [4.69, 9.17) is 0 Å². The molecule has 0 radical (unpaired) electrons. The minimum atomic E-state index is 0.212. The first-order chi connectivity index (χ1) is 10.8. The maximum Gasteiger partial charge on any atom is 0.0579 e. The highest BCUT2D eigenvalue weighted by molar-refractivity contribution is 5.32. The second-order valence-electron chi connectivity index (χ2n) is 5.62. The van der Waals surface area contributed by atoms with Crippen molar-refractivity contribution in [3.63, 3.8) is 0 Å². The molecule has 0 fully saturated rings. The van der Waals surface area contributed by atoms with Crippen molar-refractivity contribution in [1.29, 1.82) is 0 Å². The van der Waals surface area contributed by atoms with E-state index in [1.54, 1.807) is 0 Å². The predicted octanol–water partition coefficient (Wildman–Crippen LogP) is 4.87. The number of benzene rings is 3. The van der Waals surface area contributed by atoms with Gasteiger partial charge in [0.25, 0.3) is 0 Å². The summed E-state index contributed by atoms with van der Waals surface area (Å²) < 4.78 is 0. The molecule has 1 heteroatoms. The van der Waals surface area contributed by atoms with Crippen LogP contribution in [0, 0.1) is 6.92 Å². The lowest BCUT2D eigenvalue weighted by Gasteiger charge is -2.20. The van der Waals surface area contributed by atoms with Gasteiger partial charge in [-0.05, 0) is 23.6 Å². The Kier molecular flexibility index (Phi) is 4.67. The van der Waals surface area contributed by atoms with Crippen molar-refractivity contribution in [2.45, 2.75) is 19.5 Å². The maximum atomic E-state index is 3.69. The number of nitrogens with one attached hydrogen (secondary N) is 1. The van der Waals surface area contributed by atoms with Crippen LogP contribution >= 0.6 is 0 Å². The summed E-state index contributed by atoms with van der Waals surface area (Å²) in [5.74, 6) is 0. The van der Waals surface area contributed by atoms with Crippen molar-refractivity contribution >= 4 is 0 Å². The molecule has 1 nitrogen and oxygen atoms in total. The Morgan fingerprint density at radius 2 is 1.18 bits per heavy atom. The molecule has 0 spiro atoms. The molecule has 0 heterocycles. The van der Waals surface area contributed by atoms with E-state index in [-0.39, 0.29) is 6.04 Å². The molecule has 22 heavy (non-hydrogen) atoms. The van der Waals surface area contributed by atoms with Crippen LogP contribution in [0.4, 0.5) is 0 Å². The zero-order chi connectivity index (χ0) is 15.2. The zero-order valence-corrected chi connectivity index (χ0v) is 12.9. The van der Waals surface area contributed by atoms with Gasteiger partial charge < -0.3 is 5.32 Å². The minimum Gasteiger partial charge on any atom is -0.302 e. The highest BCUT2D eigenvalue weighted by Crippen LogP contribution is 2.22. The quantitative estimate of drug-likeness (QED) is 0.705. The summed E-state index contributed by atoms with van der Waals surface area (Å²) in [5, 5.41) is 3.69. The third kappa shape index (κ3) is 3.63. The summed E-state index contributed by atoms with van der Waals surface area (Å²) in [7, 11) is 0. The fourth-order valence-corrected chi connectivity index (χ4v) is 2.64. The highest BCUT2D eigenvalue weighted by Gasteiger charge is 2.12. The molecule has 3 rings (SSSR count). The van der Waals surface area contributed by atoms with Crippen LogP contribution in [0.2, 0.25) is 0 Å². The Morgan fingerprint density at radius 3 is 1.68 bits per heavy atom. The van der Waals surface area contributed by atoms with Gasteiger partial charge >= 0.3 is 0 Å². The molecule has 1 N–H and O–H groups in total. The van der Waals surface area contributed by atoms with Crippen LogP contribution in [0.15, 0.2) is 84.9 Å². The molecule has 0 amide bonds. The SMILES string of the molecule is Cc1ccc(CNC(c2ccccc2)c2ccccc2)cc1. The Hall–Kier alpha value is -2.38. The van der Waals surface area contributed by atoms with Crippen molar-refractivity contribution in [3.05, 3.63) is 107 Å². The Labute approximate surface area is 132 Å². The predicted molar refractivity (Wildman–Crippen MR) is 92.7 cm³/mol. The van der Waals surface area contributed by atoms with Crippen LogP contribution in [-0.2, 0) is 6.54 Å². The van der Waals surface area contributed by atoms with Gasteiger partial charge in [-0.3, -0.25) is 0 Å². The van der Waals surface area contributed by atoms with Crippen LogP contribution in [0.1, 0.15) is 28.3 Å². The molecule has 0 bridgehead atoms. The van der Waals surface area contributed by atoms with E-state index in [0.29, 0.717) is 0 Å². The topological polar surface area (TPSA) is 12.0 Å². The number of aryl methyl sites for hydroxylation is 1. The van der Waals surface area contributed by atoms with Crippen LogP contribution < -0.4 is 5.32 Å². The van der Waals surface area contributed by atoms with Gasteiger partial charge in [-0.15, -0.1) is 0 Å². The van der Waals surface area contributed by atoms with Crippen LogP contribution in [0.5, 0.6) is 0 Å². The molecule has 0 atom stereocenters. The molecule has 0 aliphatic rings. The molecular weight excluding hydrogens is 266 g/mol. The molecular formula is C21H21N. The van der Waals surface area contributed by atoms with Gasteiger partial charge in [0.05, 0.1) is 6.04 Å². The second-order valence-corrected chi connectivity index (χ2v) is 5.62. The molecule has 0 aromatic heterocycles. The van der Waals surface area contributed by atoms with Gasteiger partial charge in [0, 0.05) is 6.54 Å². The Balaban J connectivity index is 1.81. The summed E-state index contributed by atoms with van der Waals surface area (Å²) in [6.07, 6.45) is 0. The van der Waals surface area contributed by atoms with E-state index in [0.717, 1.165) is 6.54 Å². The van der Waals surface area contributed by atoms with Crippen molar-refractivity contribution < 1.29 is 0 Å². The van der Waals surface area contributed by atoms with E-state index < -0.39 is 0 Å². The highest BCUT2D eigenvalue weighted by atomic mass is 14.9. The van der Waals surface area contributed by atoms with Crippen molar-refractivity contribution in [2.75, 3.05) is 0 Å². The summed E-state index contributed by atoms with van der Waals surface area (Å²) in [5.41, 5.74) is 5.19.